The maximum absolute atomic E-state index is 5.30. The molecule has 2 fully saturated rings. The first-order valence-electron chi connectivity index (χ1n) is 9.62. The van der Waals surface area contributed by atoms with Crippen LogP contribution in [0.3, 0.4) is 0 Å². The molecule has 26 heavy (non-hydrogen) atoms. The zero-order chi connectivity index (χ0) is 17.5. The van der Waals surface area contributed by atoms with Crippen molar-refractivity contribution in [1.29, 1.82) is 0 Å². The van der Waals surface area contributed by atoms with Crippen LogP contribution in [0.2, 0.25) is 0 Å². The number of hydrogen-bond donors (Lipinski definition) is 2. The molecule has 0 radical (unpaired) electrons. The minimum atomic E-state index is 0. The third-order valence-corrected chi connectivity index (χ3v) is 5.31. The average Bonchev–Trinajstić information content (AvgIpc) is 3.32. The summed E-state index contributed by atoms with van der Waals surface area (Å²) in [6.45, 7) is 4.23. The first-order chi connectivity index (χ1) is 12.3. The van der Waals surface area contributed by atoms with Gasteiger partial charge < -0.3 is 15.4 Å². The van der Waals surface area contributed by atoms with Gasteiger partial charge in [-0.15, -0.1) is 24.0 Å². The third-order valence-electron chi connectivity index (χ3n) is 5.31. The average molecular weight is 472 g/mol. The van der Waals surface area contributed by atoms with E-state index in [0.717, 1.165) is 30.7 Å². The molecule has 1 heterocycles. The number of guanidine groups is 1. The van der Waals surface area contributed by atoms with Crippen LogP contribution >= 0.6 is 24.0 Å². The van der Waals surface area contributed by atoms with Gasteiger partial charge in [-0.3, -0.25) is 9.89 Å². The number of rotatable bonds is 8. The predicted octanol–water partition coefficient (Wildman–Crippen LogP) is 3.42. The molecular formula is C20H33IN4O. The van der Waals surface area contributed by atoms with Crippen molar-refractivity contribution in [2.75, 3.05) is 40.3 Å². The Morgan fingerprint density at radius 3 is 2.46 bits per heavy atom. The van der Waals surface area contributed by atoms with Gasteiger partial charge in [-0.05, 0) is 56.0 Å². The number of likely N-dealkylation sites (tertiary alicyclic amines) is 1. The van der Waals surface area contributed by atoms with E-state index in [1.165, 1.54) is 50.8 Å². The van der Waals surface area contributed by atoms with Gasteiger partial charge in [0, 0.05) is 20.1 Å². The van der Waals surface area contributed by atoms with E-state index >= 15 is 0 Å². The van der Waals surface area contributed by atoms with Crippen molar-refractivity contribution < 1.29 is 4.74 Å². The molecule has 1 aliphatic carbocycles. The Bertz CT molecular complexity index is 553. The van der Waals surface area contributed by atoms with E-state index in [0.29, 0.717) is 6.04 Å². The van der Waals surface area contributed by atoms with Crippen molar-refractivity contribution in [1.82, 2.24) is 15.5 Å². The number of ether oxygens (including phenoxy) is 1. The van der Waals surface area contributed by atoms with Gasteiger partial charge in [-0.2, -0.15) is 0 Å². The van der Waals surface area contributed by atoms with Crippen LogP contribution in [0.5, 0.6) is 5.75 Å². The molecule has 1 aromatic carbocycles. The van der Waals surface area contributed by atoms with Crippen LogP contribution in [0.4, 0.5) is 0 Å². The molecule has 5 nitrogen and oxygen atoms in total. The predicted molar refractivity (Wildman–Crippen MR) is 119 cm³/mol. The molecule has 2 N–H and O–H groups in total. The Labute approximate surface area is 175 Å². The minimum Gasteiger partial charge on any atom is -0.497 e. The summed E-state index contributed by atoms with van der Waals surface area (Å²) in [6, 6.07) is 8.86. The molecule has 0 aromatic heterocycles. The Hall–Kier alpha value is -1.02. The standard InChI is InChI=1S/C20H32N4O.HI/c1-21-20(22-12-11-16-5-6-16)23-15-19(24-13-3-4-14-24)17-7-9-18(25-2)10-8-17;/h7-10,16,19H,3-6,11-15H2,1-2H3,(H2,21,22,23);1H. The largest absolute Gasteiger partial charge is 0.497 e. The van der Waals surface area contributed by atoms with E-state index in [1.54, 1.807) is 7.11 Å². The number of aliphatic imine (C=N–C) groups is 1. The highest BCUT2D eigenvalue weighted by Crippen LogP contribution is 2.31. The first-order valence-corrected chi connectivity index (χ1v) is 9.62. The van der Waals surface area contributed by atoms with Crippen molar-refractivity contribution in [3.05, 3.63) is 29.8 Å². The summed E-state index contributed by atoms with van der Waals surface area (Å²) in [5.74, 6) is 2.77. The molecule has 1 aromatic rings. The zero-order valence-electron chi connectivity index (χ0n) is 16.0. The van der Waals surface area contributed by atoms with E-state index in [2.05, 4.69) is 44.8 Å². The van der Waals surface area contributed by atoms with Crippen LogP contribution in [-0.2, 0) is 0 Å². The van der Waals surface area contributed by atoms with Gasteiger partial charge in [-0.1, -0.05) is 25.0 Å². The molecule has 1 aliphatic heterocycles. The van der Waals surface area contributed by atoms with E-state index in [4.69, 9.17) is 4.74 Å². The van der Waals surface area contributed by atoms with Gasteiger partial charge in [-0.25, -0.2) is 0 Å². The lowest BCUT2D eigenvalue weighted by molar-refractivity contribution is 0.245. The first kappa shape index (κ1) is 21.3. The summed E-state index contributed by atoms with van der Waals surface area (Å²) in [5.41, 5.74) is 1.34. The van der Waals surface area contributed by atoms with E-state index in [1.807, 2.05) is 7.05 Å². The van der Waals surface area contributed by atoms with Gasteiger partial charge in [0.05, 0.1) is 13.2 Å². The Morgan fingerprint density at radius 1 is 1.19 bits per heavy atom. The van der Waals surface area contributed by atoms with E-state index in [-0.39, 0.29) is 24.0 Å². The SMILES string of the molecule is CN=C(NCCC1CC1)NCC(c1ccc(OC)cc1)N1CCCC1.I. The molecule has 1 atom stereocenters. The summed E-state index contributed by atoms with van der Waals surface area (Å²) in [4.78, 5) is 6.96. The summed E-state index contributed by atoms with van der Waals surface area (Å²) in [5, 5.41) is 6.99. The van der Waals surface area contributed by atoms with E-state index in [9.17, 15) is 0 Å². The third kappa shape index (κ3) is 6.30. The van der Waals surface area contributed by atoms with Crippen LogP contribution in [0, 0.1) is 5.92 Å². The van der Waals surface area contributed by atoms with Crippen LogP contribution in [0.1, 0.15) is 43.7 Å². The quantitative estimate of drug-likeness (QED) is 0.346. The van der Waals surface area contributed by atoms with Crippen molar-refractivity contribution in [3.63, 3.8) is 0 Å². The van der Waals surface area contributed by atoms with Crippen molar-refractivity contribution in [2.24, 2.45) is 10.9 Å². The molecule has 146 valence electrons. The maximum atomic E-state index is 5.30. The van der Waals surface area contributed by atoms with Crippen molar-refractivity contribution in [3.8, 4) is 5.75 Å². The molecule has 1 unspecified atom stereocenters. The molecule has 1 saturated carbocycles. The second-order valence-electron chi connectivity index (χ2n) is 7.14. The molecule has 2 aliphatic rings. The molecule has 0 amide bonds. The summed E-state index contributed by atoms with van der Waals surface area (Å²) >= 11 is 0. The number of hydrogen-bond acceptors (Lipinski definition) is 3. The van der Waals surface area contributed by atoms with Gasteiger partial charge in [0.25, 0.3) is 0 Å². The van der Waals surface area contributed by atoms with Crippen LogP contribution in [0.15, 0.2) is 29.3 Å². The Morgan fingerprint density at radius 2 is 1.88 bits per heavy atom. The van der Waals surface area contributed by atoms with E-state index < -0.39 is 0 Å². The number of nitrogens with zero attached hydrogens (tertiary/aromatic N) is 2. The Kier molecular flexibility index (Phi) is 8.98. The second kappa shape index (κ2) is 11.0. The molecule has 1 saturated heterocycles. The topological polar surface area (TPSA) is 48.9 Å². The highest BCUT2D eigenvalue weighted by molar-refractivity contribution is 14.0. The normalized spacial score (nSPS) is 18.9. The maximum Gasteiger partial charge on any atom is 0.191 e. The lowest BCUT2D eigenvalue weighted by Gasteiger charge is -2.29. The number of benzene rings is 1. The van der Waals surface area contributed by atoms with Gasteiger partial charge in [0.2, 0.25) is 0 Å². The number of halogens is 1. The second-order valence-corrected chi connectivity index (χ2v) is 7.14. The van der Waals surface area contributed by atoms with Crippen molar-refractivity contribution in [2.45, 2.75) is 38.1 Å². The monoisotopic (exact) mass is 472 g/mol. The molecule has 0 spiro atoms. The highest BCUT2D eigenvalue weighted by atomic mass is 127. The highest BCUT2D eigenvalue weighted by Gasteiger charge is 2.24. The van der Waals surface area contributed by atoms with Crippen LogP contribution < -0.4 is 15.4 Å². The lowest BCUT2D eigenvalue weighted by Crippen LogP contribution is -2.43. The lowest BCUT2D eigenvalue weighted by atomic mass is 10.1. The molecule has 6 heteroatoms. The smallest absolute Gasteiger partial charge is 0.191 e. The summed E-state index contributed by atoms with van der Waals surface area (Å²) in [7, 11) is 3.57. The molecular weight excluding hydrogens is 439 g/mol. The fraction of sp³-hybridized carbons (Fsp3) is 0.650. The van der Waals surface area contributed by atoms with Gasteiger partial charge >= 0.3 is 0 Å². The van der Waals surface area contributed by atoms with Crippen LogP contribution in [0.25, 0.3) is 0 Å². The minimum absolute atomic E-state index is 0. The molecule has 3 rings (SSSR count). The van der Waals surface area contributed by atoms with Gasteiger partial charge in [0.1, 0.15) is 5.75 Å². The zero-order valence-corrected chi connectivity index (χ0v) is 18.4. The van der Waals surface area contributed by atoms with Gasteiger partial charge in [0.15, 0.2) is 5.96 Å². The van der Waals surface area contributed by atoms with Crippen molar-refractivity contribution >= 4 is 29.9 Å². The summed E-state index contributed by atoms with van der Waals surface area (Å²) in [6.07, 6.45) is 6.65. The fourth-order valence-electron chi connectivity index (χ4n) is 3.55. The van der Waals surface area contributed by atoms with Crippen LogP contribution in [-0.4, -0.2) is 51.2 Å². The Balaban J connectivity index is 0.00000243. The number of methoxy groups -OCH3 is 1. The molecule has 0 bridgehead atoms. The number of nitrogens with one attached hydrogen (secondary N) is 2. The fourth-order valence-corrected chi connectivity index (χ4v) is 3.55. The summed E-state index contributed by atoms with van der Waals surface area (Å²) < 4.78 is 5.30.